The Hall–Kier alpha value is -1.75. The largest absolute Gasteiger partial charge is 0.146 e. The van der Waals surface area contributed by atoms with Crippen LogP contribution < -0.4 is 0 Å². The summed E-state index contributed by atoms with van der Waals surface area (Å²) in [6, 6.07) is 11.3. The summed E-state index contributed by atoms with van der Waals surface area (Å²) < 4.78 is 0. The third-order valence-electron chi connectivity index (χ3n) is 8.74. The molecule has 0 aromatic carbocycles. The first-order chi connectivity index (χ1) is 16.2. The molecule has 35 heavy (non-hydrogen) atoms. The molecule has 0 spiro atoms. The smallest absolute Gasteiger partial charge is 0.125 e. The Morgan fingerprint density at radius 3 is 1.03 bits per heavy atom. The van der Waals surface area contributed by atoms with Crippen LogP contribution in [0.2, 0.25) is 33.2 Å². The van der Waals surface area contributed by atoms with Gasteiger partial charge in [0.05, 0.1) is 0 Å². The van der Waals surface area contributed by atoms with Crippen LogP contribution >= 0.6 is 0 Å². The van der Waals surface area contributed by atoms with Gasteiger partial charge in [-0.2, -0.15) is 0 Å². The van der Waals surface area contributed by atoms with Gasteiger partial charge in [0.1, 0.15) is 16.1 Å². The van der Waals surface area contributed by atoms with Crippen LogP contribution in [0, 0.1) is 29.9 Å². The van der Waals surface area contributed by atoms with E-state index in [0.717, 1.165) is 11.1 Å². The molecule has 0 amide bonds. The molecule has 2 aliphatic rings. The molecule has 0 nitrogen and oxygen atoms in total. The highest BCUT2D eigenvalue weighted by atomic mass is 28.3. The molecule has 0 N–H and O–H groups in total. The van der Waals surface area contributed by atoms with Gasteiger partial charge in [-0.15, -0.1) is 11.1 Å². The average Bonchev–Trinajstić information content (AvgIpc) is 2.93. The number of rotatable bonds is 6. The minimum absolute atomic E-state index is 0.628. The maximum absolute atomic E-state index is 3.95. The summed E-state index contributed by atoms with van der Waals surface area (Å²) >= 11 is 0. The van der Waals surface area contributed by atoms with Gasteiger partial charge in [-0.25, -0.2) is 0 Å². The summed E-state index contributed by atoms with van der Waals surface area (Å²) in [6.07, 6.45) is 0. The highest BCUT2D eigenvalue weighted by Crippen LogP contribution is 2.42. The van der Waals surface area contributed by atoms with Crippen molar-refractivity contribution in [2.45, 2.75) is 123 Å². The first-order valence-electron chi connectivity index (χ1n) is 13.8. The summed E-state index contributed by atoms with van der Waals surface area (Å²) in [4.78, 5) is 0. The molecule has 0 saturated carbocycles. The highest BCUT2D eigenvalue weighted by molar-refractivity contribution is 6.91. The molecular formula is C33H50Si2. The van der Waals surface area contributed by atoms with Gasteiger partial charge in [0.2, 0.25) is 0 Å². The second-order valence-electron chi connectivity index (χ2n) is 12.5. The van der Waals surface area contributed by atoms with Crippen molar-refractivity contribution < 1.29 is 0 Å². The van der Waals surface area contributed by atoms with Crippen LogP contribution in [0.4, 0.5) is 0 Å². The lowest BCUT2D eigenvalue weighted by Crippen LogP contribution is -2.43. The molecule has 0 aromatic heterocycles. The van der Waals surface area contributed by atoms with E-state index in [1.54, 1.807) is 0 Å². The topological polar surface area (TPSA) is 0 Å². The Kier molecular flexibility index (Phi) is 9.72. The molecular weight excluding hydrogens is 453 g/mol. The molecule has 2 rings (SSSR count). The van der Waals surface area contributed by atoms with E-state index < -0.39 is 16.1 Å². The van der Waals surface area contributed by atoms with Crippen LogP contribution in [0.5, 0.6) is 0 Å². The fourth-order valence-electron chi connectivity index (χ4n) is 6.86. The maximum Gasteiger partial charge on any atom is 0.146 e. The number of hydrogen-bond donors (Lipinski definition) is 0. The molecule has 0 bridgehead atoms. The van der Waals surface area contributed by atoms with Crippen molar-refractivity contribution in [3.63, 3.8) is 0 Å². The first-order valence-corrected chi connectivity index (χ1v) is 18.3. The Balaban J connectivity index is 2.81. The van der Waals surface area contributed by atoms with Crippen molar-refractivity contribution in [3.05, 3.63) is 47.0 Å². The second kappa shape index (κ2) is 11.5. The van der Waals surface area contributed by atoms with Gasteiger partial charge in [0.25, 0.3) is 0 Å². The van der Waals surface area contributed by atoms with E-state index in [-0.39, 0.29) is 0 Å². The monoisotopic (exact) mass is 502 g/mol. The average molecular weight is 503 g/mol. The summed E-state index contributed by atoms with van der Waals surface area (Å²) in [5.74, 6) is 7.49. The summed E-state index contributed by atoms with van der Waals surface area (Å²) in [5, 5.41) is 0. The molecule has 0 saturated heterocycles. The predicted molar refractivity (Wildman–Crippen MR) is 164 cm³/mol. The van der Waals surface area contributed by atoms with Crippen LogP contribution in [-0.2, 0) is 0 Å². The molecule has 0 aliphatic heterocycles. The van der Waals surface area contributed by atoms with E-state index in [9.17, 15) is 0 Å². The Morgan fingerprint density at radius 2 is 0.771 bits per heavy atom. The summed E-state index contributed by atoms with van der Waals surface area (Å²) in [6.45, 7) is 30.8. The fraction of sp³-hybridized carbons (Fsp3) is 0.576. The summed E-state index contributed by atoms with van der Waals surface area (Å²) in [7, 11) is -3.61. The zero-order chi connectivity index (χ0) is 26.7. The molecule has 0 radical (unpaired) electrons. The molecule has 2 aliphatic carbocycles. The Labute approximate surface area is 220 Å². The molecule has 0 atom stereocenters. The lowest BCUT2D eigenvalue weighted by molar-refractivity contribution is 0.838. The van der Waals surface area contributed by atoms with E-state index >= 15 is 0 Å². The number of aryl methyl sites for hydroxylation is 1. The van der Waals surface area contributed by atoms with Gasteiger partial charge in [-0.1, -0.05) is 125 Å². The van der Waals surface area contributed by atoms with Gasteiger partial charge in [0.15, 0.2) is 0 Å². The third kappa shape index (κ3) is 5.65. The van der Waals surface area contributed by atoms with Crippen molar-refractivity contribution in [2.24, 2.45) is 0 Å². The van der Waals surface area contributed by atoms with Gasteiger partial charge >= 0.3 is 0 Å². The molecule has 190 valence electrons. The van der Waals surface area contributed by atoms with E-state index in [0.29, 0.717) is 33.2 Å². The minimum Gasteiger partial charge on any atom is -0.125 e. The SMILES string of the molecule is Cc1ccc2c(C#C[Si](C(C)C)(C(C)C)C(C)C)cc(C#C[Si](C(C)C)(C(C)C)C(C)C)c-2cc1. The van der Waals surface area contributed by atoms with Crippen LogP contribution in [0.1, 0.15) is 99.8 Å². The Morgan fingerprint density at radius 1 is 0.486 bits per heavy atom. The minimum atomic E-state index is -1.80. The lowest BCUT2D eigenvalue weighted by Gasteiger charge is -2.38. The van der Waals surface area contributed by atoms with Crippen LogP contribution in [0.3, 0.4) is 0 Å². The maximum atomic E-state index is 3.95. The first kappa shape index (κ1) is 29.5. The number of fused-ring (bicyclic) bond motifs is 1. The van der Waals surface area contributed by atoms with Crippen LogP contribution in [0.15, 0.2) is 30.3 Å². The van der Waals surface area contributed by atoms with Crippen molar-refractivity contribution >= 4 is 16.1 Å². The van der Waals surface area contributed by atoms with E-state index in [2.05, 4.69) is 143 Å². The second-order valence-corrected chi connectivity index (χ2v) is 23.7. The fourth-order valence-corrected chi connectivity index (χ4v) is 17.3. The molecule has 0 heterocycles. The van der Waals surface area contributed by atoms with Crippen LogP contribution in [0.25, 0.3) is 11.1 Å². The third-order valence-corrected chi connectivity index (χ3v) is 21.3. The zero-order valence-electron chi connectivity index (χ0n) is 24.9. The van der Waals surface area contributed by atoms with Crippen molar-refractivity contribution in [1.29, 1.82) is 0 Å². The molecule has 0 unspecified atom stereocenters. The van der Waals surface area contributed by atoms with Crippen molar-refractivity contribution in [1.82, 2.24) is 0 Å². The normalized spacial score (nSPS) is 12.7. The quantitative estimate of drug-likeness (QED) is 0.272. The molecule has 0 fully saturated rings. The number of hydrogen-bond acceptors (Lipinski definition) is 0. The van der Waals surface area contributed by atoms with Gasteiger partial charge in [-0.3, -0.25) is 0 Å². The van der Waals surface area contributed by atoms with Crippen molar-refractivity contribution in [3.8, 4) is 34.1 Å². The van der Waals surface area contributed by atoms with Crippen LogP contribution in [-0.4, -0.2) is 16.1 Å². The lowest BCUT2D eigenvalue weighted by atomic mass is 10.1. The Bertz CT molecular complexity index is 965. The predicted octanol–water partition coefficient (Wildman–Crippen LogP) is 10.2. The summed E-state index contributed by atoms with van der Waals surface area (Å²) in [5.41, 5.74) is 17.8. The highest BCUT2D eigenvalue weighted by Gasteiger charge is 2.42. The van der Waals surface area contributed by atoms with Gasteiger partial charge in [-0.05, 0) is 57.4 Å². The van der Waals surface area contributed by atoms with Gasteiger partial charge in [0, 0.05) is 11.1 Å². The van der Waals surface area contributed by atoms with Crippen molar-refractivity contribution in [2.75, 3.05) is 0 Å². The van der Waals surface area contributed by atoms with E-state index in [1.165, 1.54) is 16.7 Å². The van der Waals surface area contributed by atoms with Gasteiger partial charge < -0.3 is 0 Å². The zero-order valence-corrected chi connectivity index (χ0v) is 26.9. The van der Waals surface area contributed by atoms with E-state index in [1.807, 2.05) is 0 Å². The molecule has 2 heteroatoms. The standard InChI is InChI=1S/C33H50Si2/c1-23(2)34(24(3)4,25(5)6)20-18-30-22-31(33-17-15-29(13)14-16-32(30)33)19-21-35(26(7)8,27(9)10)28(11)12/h14-17,22-28H,1-13H3. The van der Waals surface area contributed by atoms with E-state index in [4.69, 9.17) is 0 Å². The molecule has 0 aromatic rings.